The highest BCUT2D eigenvalue weighted by atomic mass is 79.9. The molecule has 3 aromatic carbocycles. The topological polar surface area (TPSA) is 27.6 Å². The maximum absolute atomic E-state index is 5.04. The molecule has 2 heterocycles. The molecule has 1 N–H and O–H groups in total. The molecule has 0 saturated carbocycles. The van der Waals surface area contributed by atoms with Crippen LogP contribution < -0.4 is 5.32 Å². The lowest BCUT2D eigenvalue weighted by Crippen LogP contribution is -2.35. The maximum Gasteiger partial charge on any atom is 0.142 e. The maximum atomic E-state index is 5.04. The van der Waals surface area contributed by atoms with Gasteiger partial charge in [-0.25, -0.2) is 0 Å². The van der Waals surface area contributed by atoms with Gasteiger partial charge in [-0.15, -0.1) is 0 Å². The highest BCUT2D eigenvalue weighted by molar-refractivity contribution is 9.10. The third-order valence-electron chi connectivity index (χ3n) is 5.11. The number of hydrogen-bond donors (Lipinski definition) is 1. The van der Waals surface area contributed by atoms with Crippen LogP contribution in [-0.2, 0) is 0 Å². The molecule has 128 valence electrons. The lowest BCUT2D eigenvalue weighted by Gasteiger charge is -2.39. The molecule has 0 radical (unpaired) electrons. The van der Waals surface area contributed by atoms with Crippen LogP contribution in [0, 0.1) is 0 Å². The first kappa shape index (κ1) is 15.6. The van der Waals surface area contributed by atoms with Crippen LogP contribution in [-0.4, -0.2) is 10.7 Å². The van der Waals surface area contributed by atoms with E-state index in [1.165, 1.54) is 22.4 Å². The van der Waals surface area contributed by atoms with E-state index in [9.17, 15) is 0 Å². The first-order valence-electron chi connectivity index (χ1n) is 8.82. The van der Waals surface area contributed by atoms with Crippen molar-refractivity contribution < 1.29 is 0 Å². The van der Waals surface area contributed by atoms with Gasteiger partial charge >= 0.3 is 0 Å². The summed E-state index contributed by atoms with van der Waals surface area (Å²) in [7, 11) is 0. The summed E-state index contributed by atoms with van der Waals surface area (Å²) in [6.07, 6.45) is 0.958. The van der Waals surface area contributed by atoms with Crippen molar-refractivity contribution in [2.24, 2.45) is 5.10 Å². The predicted molar refractivity (Wildman–Crippen MR) is 109 cm³/mol. The Balaban J connectivity index is 1.60. The summed E-state index contributed by atoms with van der Waals surface area (Å²) in [6.45, 7) is 0. The summed E-state index contributed by atoms with van der Waals surface area (Å²) >= 11 is 3.53. The average molecular weight is 404 g/mol. The van der Waals surface area contributed by atoms with Gasteiger partial charge in [-0.05, 0) is 34.9 Å². The average Bonchev–Trinajstić information content (AvgIpc) is 3.14. The molecular formula is C22H18BrN3. The Morgan fingerprint density at radius 3 is 2.42 bits per heavy atom. The second kappa shape index (κ2) is 6.29. The van der Waals surface area contributed by atoms with Crippen LogP contribution in [0.4, 0.5) is 5.69 Å². The van der Waals surface area contributed by atoms with E-state index in [2.05, 4.69) is 99.1 Å². The number of rotatable bonds is 2. The number of benzene rings is 3. The lowest BCUT2D eigenvalue weighted by atomic mass is 9.94. The Morgan fingerprint density at radius 2 is 1.62 bits per heavy atom. The van der Waals surface area contributed by atoms with Gasteiger partial charge in [-0.1, -0.05) is 76.6 Å². The van der Waals surface area contributed by atoms with E-state index in [0.717, 1.165) is 16.6 Å². The Morgan fingerprint density at radius 1 is 0.885 bits per heavy atom. The minimum Gasteiger partial charge on any atom is -0.360 e. The highest BCUT2D eigenvalue weighted by Crippen LogP contribution is 2.46. The number of para-hydroxylation sites is 1. The SMILES string of the molecule is Brc1ccc(C2Nc3ccccc3C3CC(c4ccccc4)=NN32)cc1. The summed E-state index contributed by atoms with van der Waals surface area (Å²) in [5.41, 5.74) is 6.08. The number of fused-ring (bicyclic) bond motifs is 3. The van der Waals surface area contributed by atoms with Crippen LogP contribution in [0.1, 0.15) is 35.3 Å². The number of nitrogens with one attached hydrogen (secondary N) is 1. The predicted octanol–water partition coefficient (Wildman–Crippen LogP) is 5.72. The van der Waals surface area contributed by atoms with Crippen molar-refractivity contribution in [3.8, 4) is 0 Å². The molecule has 4 heteroatoms. The zero-order valence-corrected chi connectivity index (χ0v) is 15.7. The minimum atomic E-state index is 0.0317. The monoisotopic (exact) mass is 403 g/mol. The lowest BCUT2D eigenvalue weighted by molar-refractivity contribution is 0.169. The molecule has 5 rings (SSSR count). The summed E-state index contributed by atoms with van der Waals surface area (Å²) in [6, 6.07) is 27.8. The summed E-state index contributed by atoms with van der Waals surface area (Å²) in [4.78, 5) is 0. The zero-order chi connectivity index (χ0) is 17.5. The van der Waals surface area contributed by atoms with E-state index < -0.39 is 0 Å². The van der Waals surface area contributed by atoms with E-state index in [1.807, 2.05) is 6.07 Å². The second-order valence-corrected chi connectivity index (χ2v) is 7.61. The Hall–Kier alpha value is -2.59. The van der Waals surface area contributed by atoms with E-state index >= 15 is 0 Å². The van der Waals surface area contributed by atoms with E-state index in [4.69, 9.17) is 5.10 Å². The smallest absolute Gasteiger partial charge is 0.142 e. The normalized spacial score (nSPS) is 20.8. The van der Waals surface area contributed by atoms with Crippen molar-refractivity contribution in [1.29, 1.82) is 0 Å². The summed E-state index contributed by atoms with van der Waals surface area (Å²) in [5.74, 6) is 0. The second-order valence-electron chi connectivity index (χ2n) is 6.70. The van der Waals surface area contributed by atoms with Crippen LogP contribution in [0.5, 0.6) is 0 Å². The fourth-order valence-corrected chi connectivity index (χ4v) is 4.10. The minimum absolute atomic E-state index is 0.0317. The summed E-state index contributed by atoms with van der Waals surface area (Å²) in [5, 5.41) is 10.9. The molecule has 2 aliphatic heterocycles. The number of anilines is 1. The van der Waals surface area contributed by atoms with Crippen molar-refractivity contribution >= 4 is 27.3 Å². The molecule has 26 heavy (non-hydrogen) atoms. The van der Waals surface area contributed by atoms with Gasteiger partial charge < -0.3 is 5.32 Å². The molecule has 0 fully saturated rings. The van der Waals surface area contributed by atoms with Crippen molar-refractivity contribution in [2.45, 2.75) is 18.6 Å². The number of nitrogens with zero attached hydrogens (tertiary/aromatic N) is 2. The van der Waals surface area contributed by atoms with Gasteiger partial charge in [0.25, 0.3) is 0 Å². The molecule has 2 unspecified atom stereocenters. The quantitative estimate of drug-likeness (QED) is 0.591. The summed E-state index contributed by atoms with van der Waals surface area (Å²) < 4.78 is 1.09. The molecule has 0 aliphatic carbocycles. The standard InChI is InChI=1S/C22H18BrN3/c23-17-12-10-16(11-13-17)22-24-19-9-5-4-8-18(19)21-14-20(25-26(21)22)15-6-2-1-3-7-15/h1-13,21-22,24H,14H2. The van der Waals surface area contributed by atoms with Gasteiger partial charge in [0.15, 0.2) is 0 Å². The number of hydrazone groups is 1. The fourth-order valence-electron chi connectivity index (χ4n) is 3.84. The molecule has 0 saturated heterocycles. The van der Waals surface area contributed by atoms with Crippen LogP contribution in [0.15, 0.2) is 88.4 Å². The van der Waals surface area contributed by atoms with Crippen molar-refractivity contribution in [3.05, 3.63) is 100 Å². The van der Waals surface area contributed by atoms with Crippen molar-refractivity contribution in [2.75, 3.05) is 5.32 Å². The fraction of sp³-hybridized carbons (Fsp3) is 0.136. The third kappa shape index (κ3) is 2.61. The Kier molecular flexibility index (Phi) is 3.79. The van der Waals surface area contributed by atoms with E-state index in [-0.39, 0.29) is 12.2 Å². The Bertz CT molecular complexity index is 966. The van der Waals surface area contributed by atoms with Crippen molar-refractivity contribution in [1.82, 2.24) is 5.01 Å². The third-order valence-corrected chi connectivity index (χ3v) is 5.64. The molecule has 0 bridgehead atoms. The molecule has 2 atom stereocenters. The molecular weight excluding hydrogens is 386 g/mol. The van der Waals surface area contributed by atoms with Crippen LogP contribution in [0.3, 0.4) is 0 Å². The van der Waals surface area contributed by atoms with Crippen molar-refractivity contribution in [3.63, 3.8) is 0 Å². The molecule has 0 spiro atoms. The molecule has 3 aromatic rings. The first-order chi connectivity index (χ1) is 12.8. The molecule has 0 amide bonds. The molecule has 3 nitrogen and oxygen atoms in total. The molecule has 2 aliphatic rings. The van der Waals surface area contributed by atoms with Gasteiger partial charge in [0.05, 0.1) is 11.8 Å². The largest absolute Gasteiger partial charge is 0.360 e. The van der Waals surface area contributed by atoms with Gasteiger partial charge in [0.2, 0.25) is 0 Å². The van der Waals surface area contributed by atoms with Gasteiger partial charge in [-0.3, -0.25) is 5.01 Å². The van der Waals surface area contributed by atoms with Gasteiger partial charge in [0.1, 0.15) is 6.17 Å². The van der Waals surface area contributed by atoms with Gasteiger partial charge in [0, 0.05) is 16.6 Å². The number of halogens is 1. The van der Waals surface area contributed by atoms with Crippen LogP contribution in [0.2, 0.25) is 0 Å². The van der Waals surface area contributed by atoms with Crippen LogP contribution >= 0.6 is 15.9 Å². The van der Waals surface area contributed by atoms with Crippen LogP contribution in [0.25, 0.3) is 0 Å². The highest BCUT2D eigenvalue weighted by Gasteiger charge is 2.39. The Labute approximate surface area is 161 Å². The first-order valence-corrected chi connectivity index (χ1v) is 9.61. The molecule has 0 aromatic heterocycles. The van der Waals surface area contributed by atoms with E-state index in [1.54, 1.807) is 0 Å². The van der Waals surface area contributed by atoms with E-state index in [0.29, 0.717) is 0 Å². The van der Waals surface area contributed by atoms with Gasteiger partial charge in [-0.2, -0.15) is 5.10 Å². The zero-order valence-electron chi connectivity index (χ0n) is 14.1. The number of hydrogen-bond acceptors (Lipinski definition) is 3.